The summed E-state index contributed by atoms with van der Waals surface area (Å²) in [5.41, 5.74) is 16.9. The summed E-state index contributed by atoms with van der Waals surface area (Å²) in [6, 6.07) is 84.6. The number of para-hydroxylation sites is 2. The van der Waals surface area contributed by atoms with E-state index in [0.29, 0.717) is 0 Å². The molecule has 0 bridgehead atoms. The van der Waals surface area contributed by atoms with E-state index in [-0.39, 0.29) is 0 Å². The topological polar surface area (TPSA) is 12.5 Å². The Hall–Kier alpha value is -7.94. The number of rotatable bonds is 7. The summed E-state index contributed by atoms with van der Waals surface area (Å²) in [5.74, 6) is 1.64. The summed E-state index contributed by atoms with van der Waals surface area (Å²) in [6.07, 6.45) is 0. The third-order valence-corrected chi connectivity index (χ3v) is 11.7. The summed E-state index contributed by atoms with van der Waals surface area (Å²) in [5, 5.41) is 2.39. The maximum absolute atomic E-state index is 7.32. The fourth-order valence-electron chi connectivity index (χ4n) is 8.60. The molecule has 1 heterocycles. The standard InChI is InChI=1S/C58H39NO/c1-4-13-40(14-5-1)42-23-25-44(26-24-42)45-31-34-51(35-32-45)59(50-19-8-3-9-20-50)56-22-12-21-53-55-38-48-18-11-10-17-47(48)37-54(55)52-36-33-49(39-57(52)60-58(53)56)46-29-27-43(28-30-46)41-15-6-2-7-16-41/h1-39H. The zero-order valence-corrected chi connectivity index (χ0v) is 32.9. The van der Waals surface area contributed by atoms with E-state index in [1.165, 1.54) is 38.6 Å². The van der Waals surface area contributed by atoms with Crippen LogP contribution >= 0.6 is 0 Å². The number of hydrogen-bond acceptors (Lipinski definition) is 2. The third kappa shape index (κ3) is 6.51. The third-order valence-electron chi connectivity index (χ3n) is 11.7. The first-order chi connectivity index (χ1) is 29.7. The Bertz CT molecular complexity index is 3120. The number of hydrogen-bond donors (Lipinski definition) is 0. The summed E-state index contributed by atoms with van der Waals surface area (Å²) < 4.78 is 7.32. The van der Waals surface area contributed by atoms with Gasteiger partial charge in [0.05, 0.1) is 5.69 Å². The molecule has 1 aliphatic heterocycles. The highest BCUT2D eigenvalue weighted by atomic mass is 16.5. The quantitative estimate of drug-likeness (QED) is 0.160. The highest BCUT2D eigenvalue weighted by Gasteiger charge is 2.27. The fraction of sp³-hybridized carbons (Fsp3) is 0. The first kappa shape index (κ1) is 35.2. The van der Waals surface area contributed by atoms with Crippen molar-refractivity contribution in [1.29, 1.82) is 0 Å². The van der Waals surface area contributed by atoms with Gasteiger partial charge in [0.15, 0.2) is 5.75 Å². The Labute approximate surface area is 350 Å². The Morgan fingerprint density at radius 2 is 0.683 bits per heavy atom. The SMILES string of the molecule is c1ccc(-c2ccc(-c3ccc(N(c4ccccc4)c4cccc5c4Oc4cc(-c6ccc(-c7ccccc7)cc6)ccc4-c4cc6ccccc6cc4-5)cc3)cc2)cc1. The molecular formula is C58H39NO. The van der Waals surface area contributed by atoms with Crippen LogP contribution in [0.1, 0.15) is 0 Å². The predicted octanol–water partition coefficient (Wildman–Crippen LogP) is 16.4. The second kappa shape index (κ2) is 15.1. The average Bonchev–Trinajstić information content (AvgIpc) is 3.46. The lowest BCUT2D eigenvalue weighted by molar-refractivity contribution is 0.489. The van der Waals surface area contributed by atoms with Crippen molar-refractivity contribution in [2.75, 3.05) is 4.90 Å². The van der Waals surface area contributed by atoms with Gasteiger partial charge in [-0.15, -0.1) is 0 Å². The molecule has 10 aromatic rings. The number of ether oxygens (including phenoxy) is 1. The van der Waals surface area contributed by atoms with E-state index < -0.39 is 0 Å². The average molecular weight is 766 g/mol. The highest BCUT2D eigenvalue weighted by molar-refractivity contribution is 6.02. The summed E-state index contributed by atoms with van der Waals surface area (Å²) >= 11 is 0. The zero-order chi connectivity index (χ0) is 39.8. The molecule has 0 radical (unpaired) electrons. The maximum atomic E-state index is 7.32. The van der Waals surface area contributed by atoms with Gasteiger partial charge in [-0.3, -0.25) is 0 Å². The summed E-state index contributed by atoms with van der Waals surface area (Å²) in [7, 11) is 0. The van der Waals surface area contributed by atoms with Crippen molar-refractivity contribution in [2.24, 2.45) is 0 Å². The minimum Gasteiger partial charge on any atom is -0.454 e. The van der Waals surface area contributed by atoms with E-state index in [9.17, 15) is 0 Å². The van der Waals surface area contributed by atoms with Crippen molar-refractivity contribution in [2.45, 2.75) is 0 Å². The minimum absolute atomic E-state index is 0.814. The van der Waals surface area contributed by atoms with Gasteiger partial charge < -0.3 is 9.64 Å². The molecule has 0 aromatic heterocycles. The highest BCUT2D eigenvalue weighted by Crippen LogP contribution is 2.54. The second-order valence-electron chi connectivity index (χ2n) is 15.3. The molecule has 0 atom stereocenters. The molecule has 60 heavy (non-hydrogen) atoms. The van der Waals surface area contributed by atoms with Gasteiger partial charge in [-0.2, -0.15) is 0 Å². The van der Waals surface area contributed by atoms with Gasteiger partial charge in [-0.25, -0.2) is 0 Å². The van der Waals surface area contributed by atoms with Crippen molar-refractivity contribution in [3.05, 3.63) is 237 Å². The molecule has 282 valence electrons. The normalized spacial score (nSPS) is 11.5. The Kier molecular flexibility index (Phi) is 8.87. The molecule has 0 spiro atoms. The molecule has 0 unspecified atom stereocenters. The van der Waals surface area contributed by atoms with E-state index in [4.69, 9.17) is 4.74 Å². The molecule has 0 saturated carbocycles. The Morgan fingerprint density at radius 1 is 0.267 bits per heavy atom. The largest absolute Gasteiger partial charge is 0.454 e. The van der Waals surface area contributed by atoms with Crippen LogP contribution in [0.3, 0.4) is 0 Å². The number of nitrogens with zero attached hydrogens (tertiary/aromatic N) is 1. The minimum atomic E-state index is 0.814. The van der Waals surface area contributed by atoms with Crippen molar-refractivity contribution in [3.8, 4) is 78.3 Å². The van der Waals surface area contributed by atoms with Crippen molar-refractivity contribution in [3.63, 3.8) is 0 Å². The zero-order valence-electron chi connectivity index (χ0n) is 32.9. The van der Waals surface area contributed by atoms with Gasteiger partial charge in [0, 0.05) is 22.5 Å². The van der Waals surface area contributed by atoms with E-state index in [2.05, 4.69) is 241 Å². The monoisotopic (exact) mass is 765 g/mol. The van der Waals surface area contributed by atoms with Gasteiger partial charge in [-0.1, -0.05) is 182 Å². The van der Waals surface area contributed by atoms with E-state index in [1.807, 2.05) is 0 Å². The van der Waals surface area contributed by atoms with Crippen LogP contribution in [0.5, 0.6) is 11.5 Å². The number of benzene rings is 10. The Morgan fingerprint density at radius 3 is 1.23 bits per heavy atom. The van der Waals surface area contributed by atoms with Gasteiger partial charge in [-0.05, 0) is 121 Å². The van der Waals surface area contributed by atoms with Gasteiger partial charge in [0.25, 0.3) is 0 Å². The van der Waals surface area contributed by atoms with Gasteiger partial charge in [0.1, 0.15) is 5.75 Å². The Balaban J connectivity index is 1.04. The lowest BCUT2D eigenvalue weighted by Gasteiger charge is -2.28. The number of fused-ring (bicyclic) bond motifs is 6. The molecule has 10 aromatic carbocycles. The van der Waals surface area contributed by atoms with Crippen LogP contribution in [0.15, 0.2) is 237 Å². The lowest BCUT2D eigenvalue weighted by Crippen LogP contribution is -2.11. The molecule has 1 aliphatic rings. The fourth-order valence-corrected chi connectivity index (χ4v) is 8.60. The second-order valence-corrected chi connectivity index (χ2v) is 15.3. The first-order valence-electron chi connectivity index (χ1n) is 20.5. The lowest BCUT2D eigenvalue weighted by atomic mass is 9.90. The van der Waals surface area contributed by atoms with Crippen LogP contribution in [-0.2, 0) is 0 Å². The van der Waals surface area contributed by atoms with Crippen LogP contribution in [0.2, 0.25) is 0 Å². The maximum Gasteiger partial charge on any atom is 0.159 e. The van der Waals surface area contributed by atoms with Crippen LogP contribution in [0, 0.1) is 0 Å². The molecule has 0 saturated heterocycles. The van der Waals surface area contributed by atoms with Crippen molar-refractivity contribution < 1.29 is 4.74 Å². The molecule has 2 heteroatoms. The molecule has 0 N–H and O–H groups in total. The van der Waals surface area contributed by atoms with E-state index in [0.717, 1.165) is 67.5 Å². The van der Waals surface area contributed by atoms with Gasteiger partial charge >= 0.3 is 0 Å². The summed E-state index contributed by atoms with van der Waals surface area (Å²) in [6.45, 7) is 0. The van der Waals surface area contributed by atoms with E-state index in [1.54, 1.807) is 0 Å². The first-order valence-corrected chi connectivity index (χ1v) is 20.5. The van der Waals surface area contributed by atoms with Crippen LogP contribution in [0.4, 0.5) is 17.1 Å². The van der Waals surface area contributed by atoms with Crippen LogP contribution in [0.25, 0.3) is 77.5 Å². The smallest absolute Gasteiger partial charge is 0.159 e. The molecule has 0 amide bonds. The van der Waals surface area contributed by atoms with Gasteiger partial charge in [0.2, 0.25) is 0 Å². The number of anilines is 3. The molecule has 0 fully saturated rings. The molecular weight excluding hydrogens is 727 g/mol. The van der Waals surface area contributed by atoms with Crippen LogP contribution < -0.4 is 9.64 Å². The molecule has 0 aliphatic carbocycles. The van der Waals surface area contributed by atoms with E-state index >= 15 is 0 Å². The van der Waals surface area contributed by atoms with Crippen molar-refractivity contribution in [1.82, 2.24) is 0 Å². The molecule has 11 rings (SSSR count). The van der Waals surface area contributed by atoms with Crippen molar-refractivity contribution >= 4 is 27.8 Å². The van der Waals surface area contributed by atoms with Crippen LogP contribution in [-0.4, -0.2) is 0 Å². The summed E-state index contributed by atoms with van der Waals surface area (Å²) in [4.78, 5) is 2.32. The molecule has 2 nitrogen and oxygen atoms in total. The predicted molar refractivity (Wildman–Crippen MR) is 251 cm³/mol.